The molecule has 4 nitrogen and oxygen atoms in total. The van der Waals surface area contributed by atoms with Gasteiger partial charge in [0.15, 0.2) is 0 Å². The van der Waals surface area contributed by atoms with Crippen LogP contribution in [0, 0.1) is 10.1 Å². The summed E-state index contributed by atoms with van der Waals surface area (Å²) < 4.78 is 5.16. The highest BCUT2D eigenvalue weighted by atomic mass is 16.6. The van der Waals surface area contributed by atoms with E-state index >= 15 is 0 Å². The molecule has 0 atom stereocenters. The Morgan fingerprint density at radius 3 is 1.33 bits per heavy atom. The summed E-state index contributed by atoms with van der Waals surface area (Å²) in [5, 5.41) is 10.7. The fourth-order valence-electron chi connectivity index (χ4n) is 2.53. The molecule has 0 bridgehead atoms. The van der Waals surface area contributed by atoms with Crippen LogP contribution in [0.3, 0.4) is 0 Å². The number of nitro benzene ring substituents is 1. The van der Waals surface area contributed by atoms with Crippen molar-refractivity contribution in [3.8, 4) is 5.75 Å². The van der Waals surface area contributed by atoms with E-state index in [0.29, 0.717) is 0 Å². The highest BCUT2D eigenvalue weighted by molar-refractivity contribution is 5.73. The summed E-state index contributed by atoms with van der Waals surface area (Å²) in [4.78, 5) is 10.3. The zero-order valence-electron chi connectivity index (χ0n) is 14.9. The first-order valence-corrected chi connectivity index (χ1v) is 8.49. The lowest BCUT2D eigenvalue weighted by Crippen LogP contribution is -1.86. The molecule has 0 fully saturated rings. The van der Waals surface area contributed by atoms with Gasteiger partial charge in [0.2, 0.25) is 0 Å². The smallest absolute Gasteiger partial charge is 0.269 e. The number of rotatable bonds is 6. The number of nitrogens with zero attached hydrogens (tertiary/aromatic N) is 1. The van der Waals surface area contributed by atoms with Crippen molar-refractivity contribution in [3.05, 3.63) is 105 Å². The molecule has 0 radical (unpaired) electrons. The van der Waals surface area contributed by atoms with Gasteiger partial charge in [0.05, 0.1) is 12.0 Å². The van der Waals surface area contributed by atoms with E-state index in [9.17, 15) is 10.1 Å². The molecule has 0 aliphatic carbocycles. The van der Waals surface area contributed by atoms with E-state index in [1.165, 1.54) is 12.1 Å². The van der Waals surface area contributed by atoms with E-state index in [-0.39, 0.29) is 5.69 Å². The Kier molecular flexibility index (Phi) is 5.80. The highest BCUT2D eigenvalue weighted by Crippen LogP contribution is 2.16. The standard InChI is InChI=1S/C23H19NO3/c1-27-23-16-12-21(13-17-23)9-7-19-4-2-18(3-5-19)6-8-20-10-14-22(15-11-20)24(25)26/h2-17H,1H3/b8-6+,9-7+. The molecule has 0 amide bonds. The normalized spacial score (nSPS) is 11.1. The molecule has 3 rings (SSSR count). The number of nitro groups is 1. The molecular formula is C23H19NO3. The molecule has 0 heterocycles. The van der Waals surface area contributed by atoms with Gasteiger partial charge >= 0.3 is 0 Å². The predicted molar refractivity (Wildman–Crippen MR) is 110 cm³/mol. The quantitative estimate of drug-likeness (QED) is 0.311. The minimum absolute atomic E-state index is 0.0974. The van der Waals surface area contributed by atoms with Crippen LogP contribution in [0.15, 0.2) is 72.8 Å². The monoisotopic (exact) mass is 357 g/mol. The zero-order chi connectivity index (χ0) is 19.1. The average molecular weight is 357 g/mol. The van der Waals surface area contributed by atoms with Gasteiger partial charge in [-0.1, -0.05) is 60.7 Å². The van der Waals surface area contributed by atoms with Crippen LogP contribution in [0.25, 0.3) is 24.3 Å². The Labute approximate surface area is 158 Å². The Morgan fingerprint density at radius 1 is 0.667 bits per heavy atom. The summed E-state index contributed by atoms with van der Waals surface area (Å²) >= 11 is 0. The summed E-state index contributed by atoms with van der Waals surface area (Å²) in [6.45, 7) is 0. The van der Waals surface area contributed by atoms with Gasteiger partial charge in [-0.25, -0.2) is 0 Å². The maximum Gasteiger partial charge on any atom is 0.269 e. The number of hydrogen-bond donors (Lipinski definition) is 0. The molecule has 134 valence electrons. The fraction of sp³-hybridized carbons (Fsp3) is 0.0435. The highest BCUT2D eigenvalue weighted by Gasteiger charge is 2.02. The van der Waals surface area contributed by atoms with Gasteiger partial charge in [-0.3, -0.25) is 10.1 Å². The SMILES string of the molecule is COc1ccc(/C=C/c2ccc(/C=C/c3ccc([N+](=O)[O-])cc3)cc2)cc1. The largest absolute Gasteiger partial charge is 0.497 e. The van der Waals surface area contributed by atoms with Crippen molar-refractivity contribution in [2.24, 2.45) is 0 Å². The third-order valence-corrected chi connectivity index (χ3v) is 4.09. The van der Waals surface area contributed by atoms with E-state index in [4.69, 9.17) is 4.74 Å². The molecule has 4 heteroatoms. The lowest BCUT2D eigenvalue weighted by Gasteiger charge is -2.00. The Morgan fingerprint density at radius 2 is 1.00 bits per heavy atom. The van der Waals surface area contributed by atoms with Crippen molar-refractivity contribution in [2.45, 2.75) is 0 Å². The number of benzene rings is 3. The second-order valence-electron chi connectivity index (χ2n) is 5.96. The summed E-state index contributed by atoms with van der Waals surface area (Å²) in [5.41, 5.74) is 4.30. The molecule has 3 aromatic rings. The first-order valence-electron chi connectivity index (χ1n) is 8.49. The Hall–Kier alpha value is -3.66. The van der Waals surface area contributed by atoms with Crippen LogP contribution in [0.1, 0.15) is 22.3 Å². The first kappa shape index (κ1) is 18.1. The lowest BCUT2D eigenvalue weighted by molar-refractivity contribution is -0.384. The summed E-state index contributed by atoms with van der Waals surface area (Å²) in [5.74, 6) is 0.844. The summed E-state index contributed by atoms with van der Waals surface area (Å²) in [6.07, 6.45) is 8.04. The van der Waals surface area contributed by atoms with E-state index in [1.807, 2.05) is 48.6 Å². The van der Waals surface area contributed by atoms with Crippen molar-refractivity contribution in [2.75, 3.05) is 7.11 Å². The molecule has 27 heavy (non-hydrogen) atoms. The molecule has 0 aromatic heterocycles. The number of hydrogen-bond acceptors (Lipinski definition) is 3. The lowest BCUT2D eigenvalue weighted by atomic mass is 10.1. The van der Waals surface area contributed by atoms with E-state index in [0.717, 1.165) is 28.0 Å². The van der Waals surface area contributed by atoms with E-state index < -0.39 is 4.92 Å². The first-order chi connectivity index (χ1) is 13.1. The van der Waals surface area contributed by atoms with Crippen LogP contribution in [0.2, 0.25) is 0 Å². The molecule has 0 aliphatic heterocycles. The van der Waals surface area contributed by atoms with Crippen molar-refractivity contribution >= 4 is 30.0 Å². The number of methoxy groups -OCH3 is 1. The third kappa shape index (κ3) is 5.16. The molecule has 0 saturated carbocycles. The Balaban J connectivity index is 1.63. The maximum atomic E-state index is 10.7. The van der Waals surface area contributed by atoms with Gasteiger partial charge in [-0.15, -0.1) is 0 Å². The second kappa shape index (κ2) is 8.63. The van der Waals surface area contributed by atoms with Crippen molar-refractivity contribution < 1.29 is 9.66 Å². The minimum Gasteiger partial charge on any atom is -0.497 e. The van der Waals surface area contributed by atoms with Crippen molar-refractivity contribution in [3.63, 3.8) is 0 Å². The molecule has 3 aromatic carbocycles. The number of non-ortho nitro benzene ring substituents is 1. The van der Waals surface area contributed by atoms with Crippen LogP contribution in [-0.2, 0) is 0 Å². The van der Waals surface area contributed by atoms with Gasteiger partial charge in [0.1, 0.15) is 5.75 Å². The van der Waals surface area contributed by atoms with Crippen LogP contribution >= 0.6 is 0 Å². The van der Waals surface area contributed by atoms with Crippen LogP contribution in [0.4, 0.5) is 5.69 Å². The van der Waals surface area contributed by atoms with E-state index in [1.54, 1.807) is 19.2 Å². The molecular weight excluding hydrogens is 338 g/mol. The molecule has 0 aliphatic rings. The summed E-state index contributed by atoms with van der Waals surface area (Å²) in [7, 11) is 1.66. The Bertz CT molecular complexity index is 954. The van der Waals surface area contributed by atoms with E-state index in [2.05, 4.69) is 24.3 Å². The van der Waals surface area contributed by atoms with Crippen molar-refractivity contribution in [1.82, 2.24) is 0 Å². The van der Waals surface area contributed by atoms with Crippen LogP contribution in [-0.4, -0.2) is 12.0 Å². The maximum absolute atomic E-state index is 10.7. The zero-order valence-corrected chi connectivity index (χ0v) is 14.9. The van der Waals surface area contributed by atoms with Gasteiger partial charge in [0.25, 0.3) is 5.69 Å². The number of ether oxygens (including phenoxy) is 1. The third-order valence-electron chi connectivity index (χ3n) is 4.09. The minimum atomic E-state index is -0.397. The second-order valence-corrected chi connectivity index (χ2v) is 5.96. The van der Waals surface area contributed by atoms with Crippen LogP contribution < -0.4 is 4.74 Å². The van der Waals surface area contributed by atoms with Gasteiger partial charge in [0, 0.05) is 12.1 Å². The van der Waals surface area contributed by atoms with Gasteiger partial charge < -0.3 is 4.74 Å². The average Bonchev–Trinajstić information content (AvgIpc) is 2.72. The van der Waals surface area contributed by atoms with Crippen LogP contribution in [0.5, 0.6) is 5.75 Å². The molecule has 0 unspecified atom stereocenters. The van der Waals surface area contributed by atoms with Gasteiger partial charge in [-0.2, -0.15) is 0 Å². The fourth-order valence-corrected chi connectivity index (χ4v) is 2.53. The summed E-state index contributed by atoms with van der Waals surface area (Å²) in [6, 6.07) is 22.6. The van der Waals surface area contributed by atoms with Crippen molar-refractivity contribution in [1.29, 1.82) is 0 Å². The predicted octanol–water partition coefficient (Wildman–Crippen LogP) is 5.94. The molecule has 0 saturated heterocycles. The topological polar surface area (TPSA) is 52.4 Å². The molecule has 0 spiro atoms. The van der Waals surface area contributed by atoms with Gasteiger partial charge in [-0.05, 0) is 46.5 Å². The molecule has 0 N–H and O–H groups in total.